The van der Waals surface area contributed by atoms with Crippen LogP contribution in [0, 0.1) is 27.7 Å². The Hall–Kier alpha value is -2.24. The summed E-state index contributed by atoms with van der Waals surface area (Å²) < 4.78 is 10.4. The van der Waals surface area contributed by atoms with E-state index in [2.05, 4.69) is 20.4 Å². The van der Waals surface area contributed by atoms with Crippen molar-refractivity contribution in [1.29, 1.82) is 0 Å². The third-order valence-electron chi connectivity index (χ3n) is 3.57. The number of hydrogen-bond acceptors (Lipinski definition) is 6. The first-order valence-electron chi connectivity index (χ1n) is 6.27. The molecule has 2 aromatic rings. The van der Waals surface area contributed by atoms with Gasteiger partial charge in [0, 0.05) is 11.1 Å². The molecule has 106 valence electrons. The number of ether oxygens (including phenoxy) is 2. The molecule has 0 spiro atoms. The van der Waals surface area contributed by atoms with Crippen LogP contribution in [0.1, 0.15) is 22.3 Å². The van der Waals surface area contributed by atoms with Crippen LogP contribution in [-0.2, 0) is 0 Å². The minimum absolute atomic E-state index is 0.530. The van der Waals surface area contributed by atoms with Gasteiger partial charge in [0.15, 0.2) is 0 Å². The van der Waals surface area contributed by atoms with Gasteiger partial charge in [-0.25, -0.2) is 0 Å². The van der Waals surface area contributed by atoms with Gasteiger partial charge in [-0.1, -0.05) is 0 Å². The largest absolute Gasteiger partial charge is 0.480 e. The Morgan fingerprint density at radius 1 is 0.550 bits per heavy atom. The molecule has 0 amide bonds. The predicted molar refractivity (Wildman–Crippen MR) is 75.1 cm³/mol. The molecule has 0 radical (unpaired) electrons. The normalized spacial score (nSPS) is 10.5. The van der Waals surface area contributed by atoms with Crippen molar-refractivity contribution in [3.05, 3.63) is 22.3 Å². The Labute approximate surface area is 118 Å². The number of aromatic nitrogens is 4. The fourth-order valence-corrected chi connectivity index (χ4v) is 2.00. The van der Waals surface area contributed by atoms with Gasteiger partial charge in [0.25, 0.3) is 0 Å². The summed E-state index contributed by atoms with van der Waals surface area (Å²) in [4.78, 5) is 0. The van der Waals surface area contributed by atoms with Crippen LogP contribution in [0.25, 0.3) is 11.4 Å². The molecule has 0 fully saturated rings. The second kappa shape index (κ2) is 5.40. The van der Waals surface area contributed by atoms with Crippen molar-refractivity contribution in [1.82, 2.24) is 20.4 Å². The molecule has 0 bridgehead atoms. The van der Waals surface area contributed by atoms with E-state index in [0.29, 0.717) is 11.8 Å². The van der Waals surface area contributed by atoms with Crippen molar-refractivity contribution in [3.8, 4) is 23.1 Å². The Morgan fingerprint density at radius 3 is 1.20 bits per heavy atom. The van der Waals surface area contributed by atoms with Crippen LogP contribution in [0.3, 0.4) is 0 Å². The average molecular weight is 274 g/mol. The number of rotatable bonds is 3. The second-order valence-corrected chi connectivity index (χ2v) is 4.62. The number of hydrogen-bond donors (Lipinski definition) is 0. The van der Waals surface area contributed by atoms with Crippen LogP contribution in [0.15, 0.2) is 0 Å². The fraction of sp³-hybridized carbons (Fsp3) is 0.429. The molecule has 0 N–H and O–H groups in total. The first kappa shape index (κ1) is 14.2. The maximum atomic E-state index is 5.18. The Balaban J connectivity index is 2.64. The average Bonchev–Trinajstić information content (AvgIpc) is 2.45. The predicted octanol–water partition coefficient (Wildman–Crippen LogP) is 2.18. The monoisotopic (exact) mass is 274 g/mol. The Morgan fingerprint density at radius 2 is 0.900 bits per heavy atom. The highest BCUT2D eigenvalue weighted by molar-refractivity contribution is 5.65. The zero-order chi connectivity index (χ0) is 14.9. The van der Waals surface area contributed by atoms with E-state index in [0.717, 1.165) is 33.6 Å². The lowest BCUT2D eigenvalue weighted by molar-refractivity contribution is 0.387. The molecule has 2 rings (SSSR count). The van der Waals surface area contributed by atoms with E-state index < -0.39 is 0 Å². The molecular formula is C14H18N4O2. The third-order valence-corrected chi connectivity index (χ3v) is 3.57. The molecule has 20 heavy (non-hydrogen) atoms. The SMILES string of the molecule is COc1nnc(-c2nnc(OC)c(C)c2C)c(C)c1C. The van der Waals surface area contributed by atoms with E-state index >= 15 is 0 Å². The summed E-state index contributed by atoms with van der Waals surface area (Å²) in [6.45, 7) is 7.85. The molecule has 2 aromatic heterocycles. The van der Waals surface area contributed by atoms with E-state index in [1.54, 1.807) is 14.2 Å². The highest BCUT2D eigenvalue weighted by atomic mass is 16.5. The topological polar surface area (TPSA) is 70.0 Å². The van der Waals surface area contributed by atoms with Crippen molar-refractivity contribution in [2.24, 2.45) is 0 Å². The van der Waals surface area contributed by atoms with Crippen LogP contribution in [0.2, 0.25) is 0 Å². The quantitative estimate of drug-likeness (QED) is 0.854. The van der Waals surface area contributed by atoms with Gasteiger partial charge in [0.05, 0.1) is 14.2 Å². The zero-order valence-electron chi connectivity index (χ0n) is 12.6. The molecule has 0 unspecified atom stereocenters. The zero-order valence-corrected chi connectivity index (χ0v) is 12.6. The van der Waals surface area contributed by atoms with E-state index in [4.69, 9.17) is 9.47 Å². The molecule has 6 nitrogen and oxygen atoms in total. The van der Waals surface area contributed by atoms with Gasteiger partial charge in [-0.2, -0.15) is 0 Å². The van der Waals surface area contributed by atoms with E-state index in [1.807, 2.05) is 27.7 Å². The van der Waals surface area contributed by atoms with Crippen LogP contribution in [0.4, 0.5) is 0 Å². The van der Waals surface area contributed by atoms with Gasteiger partial charge < -0.3 is 9.47 Å². The van der Waals surface area contributed by atoms with Gasteiger partial charge in [0.2, 0.25) is 11.8 Å². The summed E-state index contributed by atoms with van der Waals surface area (Å²) in [5, 5.41) is 16.6. The van der Waals surface area contributed by atoms with Gasteiger partial charge in [0.1, 0.15) is 11.4 Å². The van der Waals surface area contributed by atoms with Gasteiger partial charge >= 0.3 is 0 Å². The lowest BCUT2D eigenvalue weighted by Gasteiger charge is -2.13. The number of methoxy groups -OCH3 is 2. The molecule has 0 saturated carbocycles. The molecule has 0 saturated heterocycles. The van der Waals surface area contributed by atoms with Gasteiger partial charge in [-0.3, -0.25) is 0 Å². The van der Waals surface area contributed by atoms with Crippen molar-refractivity contribution >= 4 is 0 Å². The highest BCUT2D eigenvalue weighted by Gasteiger charge is 2.18. The second-order valence-electron chi connectivity index (χ2n) is 4.62. The van der Waals surface area contributed by atoms with E-state index in [9.17, 15) is 0 Å². The van der Waals surface area contributed by atoms with Crippen LogP contribution in [0.5, 0.6) is 11.8 Å². The summed E-state index contributed by atoms with van der Waals surface area (Å²) in [6, 6.07) is 0. The molecule has 0 aliphatic heterocycles. The molecule has 0 aromatic carbocycles. The van der Waals surface area contributed by atoms with E-state index in [1.165, 1.54) is 0 Å². The minimum atomic E-state index is 0.530. The standard InChI is InChI=1S/C14H18N4O2/c1-7-9(3)13(19-5)17-15-11(7)12-8(2)10(4)14(20-6)18-16-12/h1-6H3. The molecule has 0 aliphatic carbocycles. The van der Waals surface area contributed by atoms with Crippen molar-refractivity contribution in [3.63, 3.8) is 0 Å². The first-order valence-corrected chi connectivity index (χ1v) is 6.27. The summed E-state index contributed by atoms with van der Waals surface area (Å²) in [6.07, 6.45) is 0. The molecule has 2 heterocycles. The van der Waals surface area contributed by atoms with Crippen LogP contribution < -0.4 is 9.47 Å². The van der Waals surface area contributed by atoms with Crippen molar-refractivity contribution in [2.75, 3.05) is 14.2 Å². The summed E-state index contributed by atoms with van der Waals surface area (Å²) in [7, 11) is 3.16. The molecule has 0 atom stereocenters. The van der Waals surface area contributed by atoms with Crippen LogP contribution >= 0.6 is 0 Å². The maximum Gasteiger partial charge on any atom is 0.236 e. The van der Waals surface area contributed by atoms with Gasteiger partial charge in [-0.05, 0) is 38.8 Å². The smallest absolute Gasteiger partial charge is 0.236 e. The van der Waals surface area contributed by atoms with Crippen molar-refractivity contribution < 1.29 is 9.47 Å². The fourth-order valence-electron chi connectivity index (χ4n) is 2.00. The summed E-state index contributed by atoms with van der Waals surface area (Å²) in [5.74, 6) is 1.06. The Kier molecular flexibility index (Phi) is 3.83. The lowest BCUT2D eigenvalue weighted by atomic mass is 10.0. The minimum Gasteiger partial charge on any atom is -0.480 e. The molecule has 0 aliphatic rings. The maximum absolute atomic E-state index is 5.18. The molecular weight excluding hydrogens is 256 g/mol. The summed E-state index contributed by atoms with van der Waals surface area (Å²) >= 11 is 0. The van der Waals surface area contributed by atoms with E-state index in [-0.39, 0.29) is 0 Å². The van der Waals surface area contributed by atoms with Crippen molar-refractivity contribution in [2.45, 2.75) is 27.7 Å². The van der Waals surface area contributed by atoms with Gasteiger partial charge in [-0.15, -0.1) is 20.4 Å². The summed E-state index contributed by atoms with van der Waals surface area (Å²) in [5.41, 5.74) is 5.31. The third kappa shape index (κ3) is 2.17. The lowest BCUT2D eigenvalue weighted by Crippen LogP contribution is -2.05. The first-order chi connectivity index (χ1) is 9.51. The molecule has 6 heteroatoms. The highest BCUT2D eigenvalue weighted by Crippen LogP contribution is 2.30. The van der Waals surface area contributed by atoms with Crippen LogP contribution in [-0.4, -0.2) is 34.6 Å². The Bertz CT molecular complexity index is 599. The number of nitrogens with zero attached hydrogens (tertiary/aromatic N) is 4.